The number of amides is 1. The first kappa shape index (κ1) is 44.5. The van der Waals surface area contributed by atoms with E-state index in [0.717, 1.165) is 6.42 Å². The Bertz CT molecular complexity index is 457. The zero-order valence-corrected chi connectivity index (χ0v) is 27.7. The zero-order chi connectivity index (χ0) is 28.2. The smallest absolute Gasteiger partial charge is 0.677 e. The number of nitrogens with one attached hydrogen (secondary N) is 2. The second-order valence-electron chi connectivity index (χ2n) is 9.00. The molecule has 0 radical (unpaired) electrons. The normalized spacial score (nSPS) is 11.0. The van der Waals surface area contributed by atoms with E-state index in [1.54, 1.807) is 11.1 Å². The number of carbonyl (C=O) groups is 1. The molecule has 0 aliphatic heterocycles. The fraction of sp³-hybridized carbons (Fsp3) is 0.800. The van der Waals surface area contributed by atoms with Crippen LogP contribution < -0.4 is 5.32 Å². The summed E-state index contributed by atoms with van der Waals surface area (Å²) in [6.45, 7) is 13.1. The van der Waals surface area contributed by atoms with Gasteiger partial charge in [-0.15, -0.1) is 0 Å². The van der Waals surface area contributed by atoms with Crippen molar-refractivity contribution in [1.82, 2.24) is 5.32 Å². The molecule has 0 unspecified atom stereocenters. The first-order valence-corrected chi connectivity index (χ1v) is 14.3. The third-order valence-corrected chi connectivity index (χ3v) is 5.41. The second-order valence-corrected chi connectivity index (χ2v) is 9.00. The van der Waals surface area contributed by atoms with E-state index in [9.17, 15) is 4.79 Å². The monoisotopic (exact) mass is 712 g/mol. The Morgan fingerprint density at radius 3 is 1.74 bits per heavy atom. The van der Waals surface area contributed by atoms with Gasteiger partial charge in [0.2, 0.25) is 6.41 Å². The minimum atomic E-state index is 0. The molecule has 0 fully saturated rings. The molecule has 7 nitrogen and oxygen atoms in total. The average Bonchev–Trinajstić information content (AvgIpc) is 2.90. The van der Waals surface area contributed by atoms with Crippen molar-refractivity contribution in [2.75, 3.05) is 52.7 Å². The van der Waals surface area contributed by atoms with Gasteiger partial charge in [0.1, 0.15) is 0 Å². The predicted molar refractivity (Wildman–Crippen MR) is 158 cm³/mol. The number of allylic oxidation sites excluding steroid dienone is 4. The molecule has 0 aliphatic carbocycles. The van der Waals surface area contributed by atoms with Gasteiger partial charge >= 0.3 is 21.1 Å². The summed E-state index contributed by atoms with van der Waals surface area (Å²) in [6.07, 6.45) is 22.2. The Morgan fingerprint density at radius 1 is 0.816 bits per heavy atom. The minimum absolute atomic E-state index is 0. The Labute approximate surface area is 249 Å². The molecule has 8 heteroatoms. The van der Waals surface area contributed by atoms with Crippen molar-refractivity contribution in [3.63, 3.8) is 0 Å². The molecule has 0 aliphatic rings. The van der Waals surface area contributed by atoms with Gasteiger partial charge in [-0.2, -0.15) is 6.54 Å². The summed E-state index contributed by atoms with van der Waals surface area (Å²) < 4.78 is 9.43. The van der Waals surface area contributed by atoms with E-state index in [2.05, 4.69) is 49.9 Å². The van der Waals surface area contributed by atoms with E-state index in [0.29, 0.717) is 45.9 Å². The molecule has 0 heterocycles. The first-order valence-electron chi connectivity index (χ1n) is 14.3. The van der Waals surface area contributed by atoms with E-state index >= 15 is 0 Å². The summed E-state index contributed by atoms with van der Waals surface area (Å²) in [5.74, 6) is 0. The first-order chi connectivity index (χ1) is 18.0. The number of ether oxygens (including phenoxy) is 2. The predicted octanol–water partition coefficient (Wildman–Crippen LogP) is 6.59. The van der Waals surface area contributed by atoms with Gasteiger partial charge in [-0.05, 0) is 52.4 Å². The fourth-order valence-corrected chi connectivity index (χ4v) is 3.28. The van der Waals surface area contributed by atoms with Crippen LogP contribution in [-0.4, -0.2) is 69.4 Å². The molecule has 38 heavy (non-hydrogen) atoms. The van der Waals surface area contributed by atoms with E-state index in [4.69, 9.17) is 20.7 Å². The Balaban J connectivity index is -0.000000297. The van der Waals surface area contributed by atoms with Gasteiger partial charge in [0.05, 0.1) is 33.0 Å². The molecule has 0 aromatic heterocycles. The maximum atomic E-state index is 9.62. The van der Waals surface area contributed by atoms with Gasteiger partial charge in [-0.25, -0.2) is 0 Å². The maximum absolute atomic E-state index is 9.62. The van der Waals surface area contributed by atoms with Crippen molar-refractivity contribution in [2.45, 2.75) is 104 Å². The van der Waals surface area contributed by atoms with Crippen LogP contribution in [0.4, 0.5) is 0 Å². The van der Waals surface area contributed by atoms with E-state index in [1.807, 2.05) is 0 Å². The molecular weight excluding hydrogens is 652 g/mol. The molecule has 0 spiro atoms. The molecule has 0 atom stereocenters. The molecule has 0 aromatic carbocycles. The maximum Gasteiger partial charge on any atom is 2.00 e. The number of rotatable bonds is 24. The summed E-state index contributed by atoms with van der Waals surface area (Å²) in [5, 5.41) is 18.7. The number of hydrogen-bond acceptors (Lipinski definition) is 5. The number of carbonyl (C=O) groups excluding carboxylic acids is 1. The molecule has 0 bridgehead atoms. The van der Waals surface area contributed by atoms with Gasteiger partial charge in [0, 0.05) is 6.54 Å². The van der Waals surface area contributed by atoms with Gasteiger partial charge < -0.3 is 37.7 Å². The second kappa shape index (κ2) is 43.5. The van der Waals surface area contributed by atoms with Crippen LogP contribution in [-0.2, 0) is 35.3 Å². The largest absolute Gasteiger partial charge is 2.00 e. The SMILES string of the molecule is CCCCCCC/C(C)=C/CC/C=C(\C)CCCCCC[NH-].O=CNCCOCCO.[CH2-]COCCO.[W+2]. The van der Waals surface area contributed by atoms with Crippen molar-refractivity contribution in [3.05, 3.63) is 36.0 Å². The number of unbranched alkanes of at least 4 members (excludes halogenated alkanes) is 8. The summed E-state index contributed by atoms with van der Waals surface area (Å²) in [5.41, 5.74) is 10.3. The van der Waals surface area contributed by atoms with Crippen molar-refractivity contribution in [1.29, 1.82) is 0 Å². The van der Waals surface area contributed by atoms with Crippen LogP contribution in [0.2, 0.25) is 0 Å². The molecular formula is C30H60N2O5W. The molecule has 0 aromatic rings. The van der Waals surface area contributed by atoms with Crippen LogP contribution in [0, 0.1) is 6.92 Å². The van der Waals surface area contributed by atoms with Crippen molar-refractivity contribution in [3.8, 4) is 0 Å². The van der Waals surface area contributed by atoms with Crippen LogP contribution in [0.15, 0.2) is 23.3 Å². The van der Waals surface area contributed by atoms with E-state index in [-0.39, 0.29) is 34.3 Å². The summed E-state index contributed by atoms with van der Waals surface area (Å²) >= 11 is 0. The van der Waals surface area contributed by atoms with Crippen LogP contribution in [0.1, 0.15) is 104 Å². The van der Waals surface area contributed by atoms with Crippen molar-refractivity contribution >= 4 is 6.41 Å². The number of aliphatic hydroxyl groups is 2. The van der Waals surface area contributed by atoms with Gasteiger partial charge in [-0.3, -0.25) is 4.79 Å². The van der Waals surface area contributed by atoms with Gasteiger partial charge in [-0.1, -0.05) is 81.8 Å². The zero-order valence-electron chi connectivity index (χ0n) is 24.8. The molecule has 0 rings (SSSR count). The Morgan fingerprint density at radius 2 is 1.32 bits per heavy atom. The summed E-state index contributed by atoms with van der Waals surface area (Å²) in [7, 11) is 0. The summed E-state index contributed by atoms with van der Waals surface area (Å²) in [6, 6.07) is 0. The van der Waals surface area contributed by atoms with Gasteiger partial charge in [0.15, 0.2) is 0 Å². The van der Waals surface area contributed by atoms with Gasteiger partial charge in [0.25, 0.3) is 0 Å². The fourth-order valence-electron chi connectivity index (χ4n) is 3.28. The topological polar surface area (TPSA) is 112 Å². The third kappa shape index (κ3) is 48.5. The van der Waals surface area contributed by atoms with Crippen LogP contribution in [0.5, 0.6) is 0 Å². The number of hydrogen-bond donors (Lipinski definition) is 3. The molecule has 1 amide bonds. The number of aliphatic hydroxyl groups excluding tert-OH is 2. The van der Waals surface area contributed by atoms with Crippen molar-refractivity contribution < 1.29 is 45.5 Å². The van der Waals surface area contributed by atoms with Crippen molar-refractivity contribution in [2.24, 2.45) is 0 Å². The minimum Gasteiger partial charge on any atom is -0.677 e. The quantitative estimate of drug-likeness (QED) is 0.0453. The summed E-state index contributed by atoms with van der Waals surface area (Å²) in [4.78, 5) is 9.62. The average molecular weight is 713 g/mol. The van der Waals surface area contributed by atoms with Crippen LogP contribution >= 0.6 is 0 Å². The molecule has 0 saturated heterocycles. The Hall–Kier alpha value is -0.562. The molecule has 226 valence electrons. The van der Waals surface area contributed by atoms with Crippen LogP contribution in [0.25, 0.3) is 5.73 Å². The Kier molecular flexibility index (Phi) is 50.9. The van der Waals surface area contributed by atoms with E-state index < -0.39 is 0 Å². The van der Waals surface area contributed by atoms with Crippen LogP contribution in [0.3, 0.4) is 0 Å². The van der Waals surface area contributed by atoms with E-state index in [1.165, 1.54) is 77.0 Å². The standard InChI is InChI=1S/C21H40N.C5H11NO3.C4H9O2.W/c1-4-5-6-7-10-15-20(2)17-12-13-18-21(3)16-11-8-9-14-19-22;7-2-4-9-3-1-6-5-8;1-2-6-4-3-5;/h17-18,22H,4-16,19H2,1-3H3;5,7H,1-4H2,(H,6,8);5H,1-4H2;/q-1;;-1;+2/b20-17+,21-18+;;;. The molecule has 0 saturated carbocycles. The molecule has 4 N–H and O–H groups in total. The third-order valence-electron chi connectivity index (χ3n) is 5.41.